The molecule has 1 saturated carbocycles. The smallest absolute Gasteiger partial charge is 0.191 e. The van der Waals surface area contributed by atoms with E-state index in [-0.39, 0.29) is 0 Å². The Kier molecular flexibility index (Phi) is 4.43. The summed E-state index contributed by atoms with van der Waals surface area (Å²) < 4.78 is 2.34. The summed E-state index contributed by atoms with van der Waals surface area (Å²) in [5, 5.41) is 10.4. The fraction of sp³-hybridized carbons (Fsp3) is 0.857. The van der Waals surface area contributed by atoms with E-state index in [0.29, 0.717) is 11.3 Å². The molecule has 0 aromatic carbocycles. The molecule has 1 aromatic rings. The molecule has 4 nitrogen and oxygen atoms in total. The Labute approximate surface area is 119 Å². The Balaban J connectivity index is 1.73. The molecule has 1 fully saturated rings. The van der Waals surface area contributed by atoms with Gasteiger partial charge in [-0.05, 0) is 25.7 Å². The molecular formula is C14H24N4S. The Bertz CT molecular complexity index is 418. The quantitative estimate of drug-likeness (QED) is 0.846. The second-order valence-electron chi connectivity index (χ2n) is 5.82. The van der Waals surface area contributed by atoms with E-state index in [9.17, 15) is 0 Å². The van der Waals surface area contributed by atoms with E-state index in [2.05, 4.69) is 14.8 Å². The Hall–Kier alpha value is -0.550. The van der Waals surface area contributed by atoms with Gasteiger partial charge in [0.25, 0.3) is 0 Å². The zero-order valence-electron chi connectivity index (χ0n) is 11.6. The highest BCUT2D eigenvalue weighted by atomic mass is 32.2. The molecule has 2 atom stereocenters. The lowest BCUT2D eigenvalue weighted by Crippen LogP contribution is -2.31. The molecule has 5 heteroatoms. The largest absolute Gasteiger partial charge is 0.327 e. The third kappa shape index (κ3) is 3.14. The van der Waals surface area contributed by atoms with Crippen LogP contribution in [-0.4, -0.2) is 26.1 Å². The highest BCUT2D eigenvalue weighted by Gasteiger charge is 2.24. The molecule has 0 amide bonds. The van der Waals surface area contributed by atoms with Gasteiger partial charge >= 0.3 is 0 Å². The van der Waals surface area contributed by atoms with E-state index < -0.39 is 0 Å². The van der Waals surface area contributed by atoms with Gasteiger partial charge in [0.2, 0.25) is 0 Å². The lowest BCUT2D eigenvalue weighted by atomic mass is 10.1. The van der Waals surface area contributed by atoms with Gasteiger partial charge in [0, 0.05) is 24.3 Å². The summed E-state index contributed by atoms with van der Waals surface area (Å²) in [4.78, 5) is 0. The fourth-order valence-corrected chi connectivity index (χ4v) is 4.41. The number of fused-ring (bicyclic) bond motifs is 1. The van der Waals surface area contributed by atoms with Gasteiger partial charge in [-0.2, -0.15) is 0 Å². The molecule has 0 bridgehead atoms. The normalized spacial score (nSPS) is 28.5. The van der Waals surface area contributed by atoms with Crippen LogP contribution in [0, 0.1) is 0 Å². The molecule has 3 rings (SSSR count). The van der Waals surface area contributed by atoms with Crippen molar-refractivity contribution in [1.82, 2.24) is 14.8 Å². The molecule has 2 unspecified atom stereocenters. The van der Waals surface area contributed by atoms with E-state index in [1.807, 2.05) is 11.8 Å². The van der Waals surface area contributed by atoms with Crippen LogP contribution in [0.3, 0.4) is 0 Å². The lowest BCUT2D eigenvalue weighted by molar-refractivity contribution is 0.576. The van der Waals surface area contributed by atoms with Gasteiger partial charge in [0.05, 0.1) is 0 Å². The van der Waals surface area contributed by atoms with E-state index in [4.69, 9.17) is 5.73 Å². The van der Waals surface area contributed by atoms with Gasteiger partial charge < -0.3 is 10.3 Å². The van der Waals surface area contributed by atoms with Crippen molar-refractivity contribution in [2.45, 2.75) is 80.8 Å². The van der Waals surface area contributed by atoms with Crippen LogP contribution < -0.4 is 5.73 Å². The lowest BCUT2D eigenvalue weighted by Gasteiger charge is -2.20. The molecule has 2 heterocycles. The van der Waals surface area contributed by atoms with Gasteiger partial charge in [-0.3, -0.25) is 0 Å². The first-order chi connectivity index (χ1) is 9.34. The predicted molar refractivity (Wildman–Crippen MR) is 78.3 cm³/mol. The summed E-state index contributed by atoms with van der Waals surface area (Å²) in [6, 6.07) is 0.325. The first-order valence-corrected chi connectivity index (χ1v) is 8.57. The minimum Gasteiger partial charge on any atom is -0.327 e. The molecule has 106 valence electrons. The number of thioether (sulfide) groups is 1. The highest BCUT2D eigenvalue weighted by molar-refractivity contribution is 7.99. The number of rotatable bonds is 2. The number of hydrogen-bond donors (Lipinski definition) is 1. The molecule has 2 aliphatic rings. The van der Waals surface area contributed by atoms with Crippen molar-refractivity contribution in [3.05, 3.63) is 5.82 Å². The molecule has 0 saturated heterocycles. The summed E-state index contributed by atoms with van der Waals surface area (Å²) in [5.74, 6) is 1.18. The van der Waals surface area contributed by atoms with Crippen molar-refractivity contribution in [1.29, 1.82) is 0 Å². The number of hydrogen-bond acceptors (Lipinski definition) is 4. The average molecular weight is 280 g/mol. The maximum absolute atomic E-state index is 6.32. The Morgan fingerprint density at radius 1 is 1.00 bits per heavy atom. The number of nitrogens with two attached hydrogens (primary N) is 1. The van der Waals surface area contributed by atoms with Crippen molar-refractivity contribution in [3.8, 4) is 0 Å². The molecular weight excluding hydrogens is 256 g/mol. The SMILES string of the molecule is NC1CCCCCC1Sc1nnc2n1CCCCC2. The van der Waals surface area contributed by atoms with E-state index >= 15 is 0 Å². The topological polar surface area (TPSA) is 56.7 Å². The molecule has 0 radical (unpaired) electrons. The zero-order chi connectivity index (χ0) is 13.1. The third-order valence-electron chi connectivity index (χ3n) is 4.34. The summed E-state index contributed by atoms with van der Waals surface area (Å²) in [5.41, 5.74) is 6.32. The number of nitrogens with zero attached hydrogens (tertiary/aromatic N) is 3. The van der Waals surface area contributed by atoms with Crippen LogP contribution in [-0.2, 0) is 13.0 Å². The highest BCUT2D eigenvalue weighted by Crippen LogP contribution is 2.32. The van der Waals surface area contributed by atoms with Gasteiger partial charge in [-0.15, -0.1) is 10.2 Å². The predicted octanol–water partition coefficient (Wildman–Crippen LogP) is 2.76. The third-order valence-corrected chi connectivity index (χ3v) is 5.74. The van der Waals surface area contributed by atoms with Crippen LogP contribution in [0.1, 0.15) is 57.2 Å². The van der Waals surface area contributed by atoms with E-state index in [1.165, 1.54) is 57.2 Å². The number of aryl methyl sites for hydroxylation is 1. The van der Waals surface area contributed by atoms with Gasteiger partial charge in [0.15, 0.2) is 5.16 Å². The van der Waals surface area contributed by atoms with Crippen molar-refractivity contribution in [2.24, 2.45) is 5.73 Å². The summed E-state index contributed by atoms with van der Waals surface area (Å²) in [6.45, 7) is 1.09. The first-order valence-electron chi connectivity index (χ1n) is 7.69. The van der Waals surface area contributed by atoms with Crippen LogP contribution in [0.5, 0.6) is 0 Å². The standard InChI is InChI=1S/C14H24N4S/c15-11-7-3-1-4-8-12(11)19-14-17-16-13-9-5-2-6-10-18(13)14/h11-12H,1-10,15H2. The minimum atomic E-state index is 0.325. The van der Waals surface area contributed by atoms with Crippen molar-refractivity contribution in [2.75, 3.05) is 0 Å². The molecule has 19 heavy (non-hydrogen) atoms. The van der Waals surface area contributed by atoms with Crippen molar-refractivity contribution in [3.63, 3.8) is 0 Å². The van der Waals surface area contributed by atoms with E-state index in [0.717, 1.165) is 18.1 Å². The first kappa shape index (κ1) is 13.4. The number of aromatic nitrogens is 3. The van der Waals surface area contributed by atoms with E-state index in [1.54, 1.807) is 0 Å². The molecule has 1 aromatic heterocycles. The Morgan fingerprint density at radius 3 is 2.79 bits per heavy atom. The Morgan fingerprint density at radius 2 is 1.84 bits per heavy atom. The van der Waals surface area contributed by atoms with Crippen LogP contribution in [0.25, 0.3) is 0 Å². The summed E-state index contributed by atoms with van der Waals surface area (Å²) in [6.07, 6.45) is 11.2. The molecule has 1 aliphatic carbocycles. The van der Waals surface area contributed by atoms with Gasteiger partial charge in [-0.1, -0.05) is 37.4 Å². The molecule has 0 spiro atoms. The van der Waals surface area contributed by atoms with Crippen molar-refractivity contribution < 1.29 is 0 Å². The fourth-order valence-electron chi connectivity index (χ4n) is 3.13. The van der Waals surface area contributed by atoms with Gasteiger partial charge in [0.1, 0.15) is 5.82 Å². The van der Waals surface area contributed by atoms with Crippen LogP contribution in [0.2, 0.25) is 0 Å². The van der Waals surface area contributed by atoms with Gasteiger partial charge in [-0.25, -0.2) is 0 Å². The monoisotopic (exact) mass is 280 g/mol. The van der Waals surface area contributed by atoms with Crippen LogP contribution in [0.15, 0.2) is 5.16 Å². The second-order valence-corrected chi connectivity index (χ2v) is 7.03. The minimum absolute atomic E-state index is 0.325. The zero-order valence-corrected chi connectivity index (χ0v) is 12.4. The van der Waals surface area contributed by atoms with Crippen LogP contribution >= 0.6 is 11.8 Å². The maximum atomic E-state index is 6.32. The maximum Gasteiger partial charge on any atom is 0.191 e. The molecule has 2 N–H and O–H groups in total. The molecule has 1 aliphatic heterocycles. The average Bonchev–Trinajstić information content (AvgIpc) is 2.60. The summed E-state index contributed by atoms with van der Waals surface area (Å²) >= 11 is 1.88. The summed E-state index contributed by atoms with van der Waals surface area (Å²) in [7, 11) is 0. The van der Waals surface area contributed by atoms with Crippen LogP contribution in [0.4, 0.5) is 0 Å². The second kappa shape index (κ2) is 6.27. The van der Waals surface area contributed by atoms with Crippen molar-refractivity contribution >= 4 is 11.8 Å².